The molecule has 3 aliphatic rings. The van der Waals surface area contributed by atoms with Gasteiger partial charge in [-0.2, -0.15) is 0 Å². The van der Waals surface area contributed by atoms with E-state index in [9.17, 15) is 43.6 Å². The number of halogens is 2. The first kappa shape index (κ1) is 25.6. The Labute approximate surface area is 204 Å². The fourth-order valence-electron chi connectivity index (χ4n) is 5.57. The van der Waals surface area contributed by atoms with E-state index in [-0.39, 0.29) is 36.1 Å². The Morgan fingerprint density at radius 1 is 1.25 bits per heavy atom. The van der Waals surface area contributed by atoms with E-state index in [1.54, 1.807) is 25.1 Å². The van der Waals surface area contributed by atoms with Crippen molar-refractivity contribution in [1.82, 2.24) is 5.32 Å². The molecule has 12 heteroatoms. The lowest BCUT2D eigenvalue weighted by atomic mass is 9.59. The van der Waals surface area contributed by atoms with E-state index in [4.69, 9.17) is 5.73 Å². The predicted molar refractivity (Wildman–Crippen MR) is 123 cm³/mol. The molecule has 194 valence electrons. The average molecular weight is 507 g/mol. The molecule has 1 amide bonds. The lowest BCUT2D eigenvalue weighted by molar-refractivity contribution is -0.147. The Morgan fingerprint density at radius 3 is 2.50 bits per heavy atom. The maximum Gasteiger partial charge on any atom is 0.255 e. The van der Waals surface area contributed by atoms with Gasteiger partial charge in [-0.1, -0.05) is 0 Å². The monoisotopic (exact) mass is 507 g/mol. The molecule has 1 fully saturated rings. The van der Waals surface area contributed by atoms with Crippen LogP contribution in [0.2, 0.25) is 0 Å². The third-order valence-corrected chi connectivity index (χ3v) is 7.21. The van der Waals surface area contributed by atoms with E-state index in [0.29, 0.717) is 11.3 Å². The maximum atomic E-state index is 13.6. The van der Waals surface area contributed by atoms with Crippen LogP contribution in [0.4, 0.5) is 14.5 Å². The predicted octanol–water partition coefficient (Wildman–Crippen LogP) is 0.845. The number of rotatable bonds is 6. The molecular formula is C24H27F2N3O7. The summed E-state index contributed by atoms with van der Waals surface area (Å²) >= 11 is 0. The van der Waals surface area contributed by atoms with E-state index in [1.165, 1.54) is 0 Å². The maximum absolute atomic E-state index is 13.6. The van der Waals surface area contributed by atoms with Crippen molar-refractivity contribution in [3.05, 3.63) is 39.7 Å². The largest absolute Gasteiger partial charge is 0.508 e. The summed E-state index contributed by atoms with van der Waals surface area (Å²) in [7, 11) is 3.44. The smallest absolute Gasteiger partial charge is 0.255 e. The summed E-state index contributed by atoms with van der Waals surface area (Å²) in [6, 6.07) is 1.60. The number of benzene rings is 1. The van der Waals surface area contributed by atoms with Gasteiger partial charge in [0.1, 0.15) is 22.8 Å². The number of fused-ring (bicyclic) bond motifs is 3. The van der Waals surface area contributed by atoms with E-state index < -0.39 is 77.1 Å². The van der Waals surface area contributed by atoms with Crippen LogP contribution < -0.4 is 16.0 Å². The van der Waals surface area contributed by atoms with Crippen LogP contribution in [-0.2, 0) is 27.3 Å². The average Bonchev–Trinajstić information content (AvgIpc) is 2.77. The van der Waals surface area contributed by atoms with Gasteiger partial charge in [0.15, 0.2) is 11.4 Å². The summed E-state index contributed by atoms with van der Waals surface area (Å²) in [4.78, 5) is 39.4. The number of Topliss-reactive ketones (excluding diaryl/α,β-unsaturated/α-hetero) is 2. The summed E-state index contributed by atoms with van der Waals surface area (Å²) in [6.07, 6.45) is -2.84. The number of hydrogen-bond donors (Lipinski definition) is 6. The number of aromatic hydroxyl groups is 1. The van der Waals surface area contributed by atoms with E-state index in [0.717, 1.165) is 0 Å². The highest BCUT2D eigenvalue weighted by molar-refractivity contribution is 6.22. The lowest BCUT2D eigenvalue weighted by Crippen LogP contribution is -2.58. The van der Waals surface area contributed by atoms with Crippen LogP contribution in [0.25, 0.3) is 5.76 Å². The van der Waals surface area contributed by atoms with E-state index in [1.807, 2.05) is 0 Å². The van der Waals surface area contributed by atoms with Gasteiger partial charge in [-0.15, -0.1) is 0 Å². The Bertz CT molecular complexity index is 1240. The third kappa shape index (κ3) is 3.71. The number of carbonyl (C=O) groups is 3. The highest BCUT2D eigenvalue weighted by atomic mass is 19.3. The van der Waals surface area contributed by atoms with Gasteiger partial charge in [-0.3, -0.25) is 14.4 Å². The Kier molecular flexibility index (Phi) is 6.29. The second-order valence-electron chi connectivity index (χ2n) is 9.58. The van der Waals surface area contributed by atoms with Crippen molar-refractivity contribution < 1.29 is 43.6 Å². The first-order valence-electron chi connectivity index (χ1n) is 11.3. The molecular weight excluding hydrogens is 480 g/mol. The number of carbonyl (C=O) groups excluding carboxylic acids is 3. The fourth-order valence-corrected chi connectivity index (χ4v) is 5.57. The SMILES string of the molecule is CN(C)c1cc(CNCC(F)F)c(O)c2c1C[C@H]1C[C@H]3CC(=O)C(C(N)=O)=C(O)[C@@]3(O)C(=O)C1=C2O. The van der Waals surface area contributed by atoms with Gasteiger partial charge < -0.3 is 36.4 Å². The molecule has 0 bridgehead atoms. The number of primary amides is 1. The molecule has 0 radical (unpaired) electrons. The molecule has 1 aromatic carbocycles. The van der Waals surface area contributed by atoms with Gasteiger partial charge in [0, 0.05) is 49.8 Å². The standard InChI is InChI=1S/C24H27F2N3O7/c1-29(2)13-5-10(7-28-8-15(25)26)19(31)17-12(13)4-9-3-11-6-14(30)18(23(27)35)22(34)24(11,36)21(33)16(9)20(17)32/h5,9,11,15,28,31-32,34,36H,3-4,6-8H2,1-2H3,(H2,27,35)/t9-,11+,24+/m1/s1. The number of aliphatic hydroxyl groups excluding tert-OH is 2. The molecule has 3 aliphatic carbocycles. The van der Waals surface area contributed by atoms with Crippen molar-refractivity contribution in [2.24, 2.45) is 17.6 Å². The Hall–Kier alpha value is -3.51. The van der Waals surface area contributed by atoms with Gasteiger partial charge in [0.05, 0.1) is 12.1 Å². The molecule has 0 heterocycles. The van der Waals surface area contributed by atoms with Crippen LogP contribution in [-0.4, -0.2) is 70.6 Å². The van der Waals surface area contributed by atoms with E-state index in [2.05, 4.69) is 5.32 Å². The number of nitrogens with one attached hydrogen (secondary N) is 1. The van der Waals surface area contributed by atoms with Crippen LogP contribution in [0.1, 0.15) is 29.5 Å². The highest BCUT2D eigenvalue weighted by Crippen LogP contribution is 2.53. The number of alkyl halides is 2. The normalized spacial score (nSPS) is 25.6. The van der Waals surface area contributed by atoms with Gasteiger partial charge in [0.25, 0.3) is 12.3 Å². The summed E-state index contributed by atoms with van der Waals surface area (Å²) in [5.74, 6) is -7.08. The molecule has 0 unspecified atom stereocenters. The Morgan fingerprint density at radius 2 is 1.92 bits per heavy atom. The molecule has 0 aliphatic heterocycles. The quantitative estimate of drug-likeness (QED) is 0.305. The molecule has 1 saturated carbocycles. The molecule has 3 atom stereocenters. The molecule has 1 aromatic rings. The number of hydrogen-bond acceptors (Lipinski definition) is 9. The minimum absolute atomic E-state index is 0.0221. The minimum atomic E-state index is -2.65. The first-order chi connectivity index (χ1) is 16.8. The zero-order chi connectivity index (χ0) is 26.7. The number of nitrogens with zero attached hydrogens (tertiary/aromatic N) is 1. The van der Waals surface area contributed by atoms with Crippen LogP contribution in [0, 0.1) is 11.8 Å². The van der Waals surface area contributed by atoms with Crippen molar-refractivity contribution in [3.8, 4) is 5.75 Å². The molecule has 10 nitrogen and oxygen atoms in total. The number of amides is 1. The molecule has 0 spiro atoms. The Balaban J connectivity index is 1.88. The molecule has 36 heavy (non-hydrogen) atoms. The van der Waals surface area contributed by atoms with Crippen LogP contribution in [0.3, 0.4) is 0 Å². The second-order valence-corrected chi connectivity index (χ2v) is 9.58. The van der Waals surface area contributed by atoms with Crippen molar-refractivity contribution in [2.45, 2.75) is 37.8 Å². The zero-order valence-electron chi connectivity index (χ0n) is 19.6. The highest BCUT2D eigenvalue weighted by Gasteiger charge is 2.60. The second kappa shape index (κ2) is 8.86. The summed E-state index contributed by atoms with van der Waals surface area (Å²) in [5, 5.41) is 46.6. The minimum Gasteiger partial charge on any atom is -0.508 e. The third-order valence-electron chi connectivity index (χ3n) is 7.21. The number of ketones is 2. The number of phenols is 1. The van der Waals surface area contributed by atoms with Crippen molar-refractivity contribution in [1.29, 1.82) is 0 Å². The number of anilines is 1. The van der Waals surface area contributed by atoms with Crippen LogP contribution >= 0.6 is 0 Å². The molecule has 7 N–H and O–H groups in total. The summed E-state index contributed by atoms with van der Waals surface area (Å²) in [6.45, 7) is -0.772. The summed E-state index contributed by atoms with van der Waals surface area (Å²) in [5.41, 5.74) is 2.61. The van der Waals surface area contributed by atoms with Gasteiger partial charge in [-0.05, 0) is 30.4 Å². The number of nitrogens with two attached hydrogens (primary N) is 1. The first-order valence-corrected chi connectivity index (χ1v) is 11.3. The van der Waals surface area contributed by atoms with Gasteiger partial charge >= 0.3 is 0 Å². The zero-order valence-corrected chi connectivity index (χ0v) is 19.6. The molecule has 0 aromatic heterocycles. The van der Waals surface area contributed by atoms with Crippen molar-refractivity contribution >= 4 is 28.9 Å². The number of aliphatic hydroxyl groups is 3. The molecule has 0 saturated heterocycles. The van der Waals surface area contributed by atoms with E-state index >= 15 is 0 Å². The summed E-state index contributed by atoms with van der Waals surface area (Å²) < 4.78 is 25.2. The van der Waals surface area contributed by atoms with Crippen LogP contribution in [0.15, 0.2) is 23.0 Å². The van der Waals surface area contributed by atoms with Crippen molar-refractivity contribution in [2.75, 3.05) is 25.5 Å². The topological polar surface area (TPSA) is 173 Å². The van der Waals surface area contributed by atoms with Crippen molar-refractivity contribution in [3.63, 3.8) is 0 Å². The molecule has 4 rings (SSSR count). The lowest BCUT2D eigenvalue weighted by Gasteiger charge is -2.46. The number of phenolic OH excluding ortho intramolecular Hbond substituents is 1. The van der Waals surface area contributed by atoms with Gasteiger partial charge in [-0.25, -0.2) is 8.78 Å². The van der Waals surface area contributed by atoms with Crippen LogP contribution in [0.5, 0.6) is 5.75 Å². The van der Waals surface area contributed by atoms with Gasteiger partial charge in [0.2, 0.25) is 5.78 Å². The fraction of sp³-hybridized carbons (Fsp3) is 0.458.